The van der Waals surface area contributed by atoms with Crippen LogP contribution in [-0.2, 0) is 11.3 Å². The van der Waals surface area contributed by atoms with Gasteiger partial charge in [0.2, 0.25) is 0 Å². The van der Waals surface area contributed by atoms with Crippen molar-refractivity contribution in [1.82, 2.24) is 14.8 Å². The maximum Gasteiger partial charge on any atom is 0.319 e. The molecule has 2 heterocycles. The normalized spacial score (nSPS) is 14.5. The Bertz CT molecular complexity index is 1020. The quantitative estimate of drug-likeness (QED) is 0.520. The zero-order chi connectivity index (χ0) is 21.5. The zero-order valence-electron chi connectivity index (χ0n) is 17.4. The molecule has 3 aromatic rings. The highest BCUT2D eigenvalue weighted by Gasteiger charge is 2.11. The number of nitrogens with one attached hydrogen (secondary N) is 2. The van der Waals surface area contributed by atoms with Crippen molar-refractivity contribution in [3.63, 3.8) is 0 Å². The molecule has 31 heavy (non-hydrogen) atoms. The summed E-state index contributed by atoms with van der Waals surface area (Å²) in [5.41, 5.74) is 1.92. The van der Waals surface area contributed by atoms with Crippen LogP contribution in [0.25, 0.3) is 10.9 Å². The fraction of sp³-hybridized carbons (Fsp3) is 0.348. The molecule has 0 atom stereocenters. The maximum atomic E-state index is 12.2. The van der Waals surface area contributed by atoms with Crippen LogP contribution < -0.4 is 15.4 Å². The molecule has 1 fully saturated rings. The predicted octanol–water partition coefficient (Wildman–Crippen LogP) is 3.83. The molecule has 1 aliphatic heterocycles. The van der Waals surface area contributed by atoms with Crippen LogP contribution in [0.2, 0.25) is 5.02 Å². The zero-order valence-corrected chi connectivity index (χ0v) is 18.1. The van der Waals surface area contributed by atoms with E-state index in [9.17, 15) is 4.79 Å². The van der Waals surface area contributed by atoms with Gasteiger partial charge in [-0.25, -0.2) is 4.79 Å². The molecule has 2 N–H and O–H groups in total. The van der Waals surface area contributed by atoms with Gasteiger partial charge in [0.05, 0.1) is 19.8 Å². The molecule has 1 aliphatic rings. The lowest BCUT2D eigenvalue weighted by Crippen LogP contribution is -2.38. The van der Waals surface area contributed by atoms with E-state index in [-0.39, 0.29) is 6.03 Å². The molecule has 2 amide bonds. The largest absolute Gasteiger partial charge is 0.492 e. The monoisotopic (exact) mass is 442 g/mol. The minimum absolute atomic E-state index is 0.263. The molecule has 0 radical (unpaired) electrons. The lowest BCUT2D eigenvalue weighted by Gasteiger charge is -2.26. The van der Waals surface area contributed by atoms with E-state index in [0.29, 0.717) is 23.9 Å². The lowest BCUT2D eigenvalue weighted by molar-refractivity contribution is 0.0365. The van der Waals surface area contributed by atoms with E-state index in [0.717, 1.165) is 56.0 Å². The Morgan fingerprint density at radius 3 is 2.81 bits per heavy atom. The van der Waals surface area contributed by atoms with Gasteiger partial charge in [0.15, 0.2) is 0 Å². The topological polar surface area (TPSA) is 67.8 Å². The molecule has 0 saturated carbocycles. The fourth-order valence-corrected chi connectivity index (χ4v) is 3.79. The summed E-state index contributed by atoms with van der Waals surface area (Å²) < 4.78 is 13.2. The standard InChI is InChI=1S/C23H27ClN4O3/c24-19-2-1-3-21(17-19)31-13-7-25-23(29)26-20-4-5-22-18(16-20)6-8-28(22)10-9-27-11-14-30-15-12-27/h1-6,8,16-17H,7,9-15H2,(H2,25,26,29). The number of nitrogens with zero attached hydrogens (tertiary/aromatic N) is 2. The van der Waals surface area contributed by atoms with Crippen molar-refractivity contribution in [2.75, 3.05) is 51.3 Å². The Balaban J connectivity index is 1.24. The summed E-state index contributed by atoms with van der Waals surface area (Å²) in [7, 11) is 0. The summed E-state index contributed by atoms with van der Waals surface area (Å²) in [5.74, 6) is 0.679. The van der Waals surface area contributed by atoms with E-state index >= 15 is 0 Å². The number of carbonyl (C=O) groups is 1. The van der Waals surface area contributed by atoms with Crippen LogP contribution in [-0.4, -0.2) is 61.5 Å². The second-order valence-electron chi connectivity index (χ2n) is 7.42. The van der Waals surface area contributed by atoms with Crippen molar-refractivity contribution in [1.29, 1.82) is 0 Å². The van der Waals surface area contributed by atoms with E-state index in [4.69, 9.17) is 21.1 Å². The summed E-state index contributed by atoms with van der Waals surface area (Å²) in [6, 6.07) is 15.0. The highest BCUT2D eigenvalue weighted by atomic mass is 35.5. The number of rotatable bonds is 8. The van der Waals surface area contributed by atoms with Crippen LogP contribution in [0.1, 0.15) is 0 Å². The minimum atomic E-state index is -0.263. The summed E-state index contributed by atoms with van der Waals surface area (Å²) in [6.45, 7) is 6.30. The number of hydrogen-bond donors (Lipinski definition) is 2. The molecule has 8 heteroatoms. The lowest BCUT2D eigenvalue weighted by atomic mass is 10.2. The number of benzene rings is 2. The number of ether oxygens (including phenoxy) is 2. The first-order valence-corrected chi connectivity index (χ1v) is 10.9. The second-order valence-corrected chi connectivity index (χ2v) is 7.86. The average Bonchev–Trinajstić information content (AvgIpc) is 3.18. The molecule has 7 nitrogen and oxygen atoms in total. The van der Waals surface area contributed by atoms with Crippen LogP contribution in [0.4, 0.5) is 10.5 Å². The number of urea groups is 1. The number of fused-ring (bicyclic) bond motifs is 1. The Kier molecular flexibility index (Phi) is 7.30. The Hall–Kier alpha value is -2.74. The molecular formula is C23H27ClN4O3. The Morgan fingerprint density at radius 1 is 1.10 bits per heavy atom. The van der Waals surface area contributed by atoms with Gasteiger partial charge in [0, 0.05) is 54.0 Å². The van der Waals surface area contributed by atoms with Crippen molar-refractivity contribution >= 4 is 34.2 Å². The first-order valence-electron chi connectivity index (χ1n) is 10.5. The van der Waals surface area contributed by atoms with Crippen molar-refractivity contribution in [2.24, 2.45) is 0 Å². The second kappa shape index (κ2) is 10.5. The van der Waals surface area contributed by atoms with Crippen molar-refractivity contribution in [2.45, 2.75) is 6.54 Å². The minimum Gasteiger partial charge on any atom is -0.492 e. The first kappa shape index (κ1) is 21.5. The molecule has 164 valence electrons. The summed E-state index contributed by atoms with van der Waals surface area (Å²) in [6.07, 6.45) is 2.10. The fourth-order valence-electron chi connectivity index (χ4n) is 3.61. The number of anilines is 1. The van der Waals surface area contributed by atoms with Gasteiger partial charge in [-0.2, -0.15) is 0 Å². The molecule has 1 aromatic heterocycles. The van der Waals surface area contributed by atoms with E-state index in [1.165, 1.54) is 0 Å². The van der Waals surface area contributed by atoms with E-state index < -0.39 is 0 Å². The number of aromatic nitrogens is 1. The van der Waals surface area contributed by atoms with Gasteiger partial charge in [-0.05, 0) is 42.5 Å². The molecule has 0 unspecified atom stereocenters. The summed E-state index contributed by atoms with van der Waals surface area (Å²) in [5, 5.41) is 7.39. The van der Waals surface area contributed by atoms with Gasteiger partial charge in [0.25, 0.3) is 0 Å². The number of hydrogen-bond acceptors (Lipinski definition) is 4. The molecule has 0 aliphatic carbocycles. The smallest absolute Gasteiger partial charge is 0.319 e. The Morgan fingerprint density at radius 2 is 1.97 bits per heavy atom. The summed E-state index contributed by atoms with van der Waals surface area (Å²) >= 11 is 5.93. The molecule has 2 aromatic carbocycles. The van der Waals surface area contributed by atoms with Gasteiger partial charge in [-0.15, -0.1) is 0 Å². The highest BCUT2D eigenvalue weighted by Crippen LogP contribution is 2.21. The van der Waals surface area contributed by atoms with Crippen LogP contribution in [0.5, 0.6) is 5.75 Å². The predicted molar refractivity (Wildman–Crippen MR) is 123 cm³/mol. The van der Waals surface area contributed by atoms with E-state index in [2.05, 4.69) is 32.4 Å². The number of amides is 2. The summed E-state index contributed by atoms with van der Waals surface area (Å²) in [4.78, 5) is 14.6. The van der Waals surface area contributed by atoms with Gasteiger partial charge < -0.3 is 24.7 Å². The molecule has 1 saturated heterocycles. The third kappa shape index (κ3) is 6.13. The number of carbonyl (C=O) groups excluding carboxylic acids is 1. The van der Waals surface area contributed by atoms with Gasteiger partial charge in [0.1, 0.15) is 12.4 Å². The molecule has 4 rings (SSSR count). The molecule has 0 bridgehead atoms. The van der Waals surface area contributed by atoms with Crippen LogP contribution in [0.3, 0.4) is 0 Å². The molecule has 0 spiro atoms. The third-order valence-electron chi connectivity index (χ3n) is 5.24. The van der Waals surface area contributed by atoms with E-state index in [1.807, 2.05) is 30.3 Å². The SMILES string of the molecule is O=C(NCCOc1cccc(Cl)c1)Nc1ccc2c(ccn2CCN2CCOCC2)c1. The van der Waals surface area contributed by atoms with Crippen molar-refractivity contribution < 1.29 is 14.3 Å². The highest BCUT2D eigenvalue weighted by molar-refractivity contribution is 6.30. The van der Waals surface area contributed by atoms with Crippen molar-refractivity contribution in [3.05, 3.63) is 59.8 Å². The maximum absolute atomic E-state index is 12.2. The number of halogens is 1. The Labute approximate surface area is 186 Å². The van der Waals surface area contributed by atoms with Gasteiger partial charge in [-0.3, -0.25) is 4.90 Å². The van der Waals surface area contributed by atoms with Crippen molar-refractivity contribution in [3.8, 4) is 5.75 Å². The van der Waals surface area contributed by atoms with Crippen LogP contribution >= 0.6 is 11.6 Å². The van der Waals surface area contributed by atoms with Crippen LogP contribution in [0.15, 0.2) is 54.7 Å². The first-order chi connectivity index (χ1) is 15.2. The van der Waals surface area contributed by atoms with E-state index in [1.54, 1.807) is 12.1 Å². The van der Waals surface area contributed by atoms with Gasteiger partial charge >= 0.3 is 6.03 Å². The third-order valence-corrected chi connectivity index (χ3v) is 5.48. The average molecular weight is 443 g/mol. The number of morpholine rings is 1. The molecular weight excluding hydrogens is 416 g/mol. The van der Waals surface area contributed by atoms with Crippen LogP contribution in [0, 0.1) is 0 Å². The van der Waals surface area contributed by atoms with Gasteiger partial charge in [-0.1, -0.05) is 17.7 Å².